The van der Waals surface area contributed by atoms with Gasteiger partial charge in [-0.05, 0) is 24.2 Å². The van der Waals surface area contributed by atoms with Crippen molar-refractivity contribution in [3.63, 3.8) is 0 Å². The molecule has 0 aliphatic carbocycles. The van der Waals surface area contributed by atoms with Crippen molar-refractivity contribution in [3.05, 3.63) is 34.6 Å². The molecule has 7 heteroatoms. The highest BCUT2D eigenvalue weighted by molar-refractivity contribution is 6.74. The molecular weight excluding hydrogens is 356 g/mol. The van der Waals surface area contributed by atoms with Crippen LogP contribution in [-0.2, 0) is 9.22 Å². The third-order valence-electron chi connectivity index (χ3n) is 4.23. The first-order chi connectivity index (χ1) is 10.5. The zero-order valence-electron chi connectivity index (χ0n) is 14.2. The number of amides is 1. The molecule has 1 rings (SSSR count). The molecule has 1 amide bonds. The highest BCUT2D eigenvalue weighted by Gasteiger charge is 2.38. The van der Waals surface area contributed by atoms with E-state index in [9.17, 15) is 9.18 Å². The van der Waals surface area contributed by atoms with Gasteiger partial charge in [0.15, 0.2) is 8.32 Å². The summed E-state index contributed by atoms with van der Waals surface area (Å²) in [6.07, 6.45) is 0. The topological polar surface area (TPSA) is 38.3 Å². The zero-order valence-corrected chi connectivity index (χ0v) is 16.7. The Morgan fingerprint density at radius 1 is 1.39 bits per heavy atom. The van der Waals surface area contributed by atoms with Gasteiger partial charge in [-0.1, -0.05) is 44.5 Å². The van der Waals surface area contributed by atoms with E-state index in [1.165, 1.54) is 6.07 Å². The van der Waals surface area contributed by atoms with Crippen LogP contribution in [0, 0.1) is 5.82 Å². The van der Waals surface area contributed by atoms with Crippen molar-refractivity contribution in [3.8, 4) is 0 Å². The van der Waals surface area contributed by atoms with Crippen LogP contribution in [0.4, 0.5) is 4.39 Å². The number of carbonyl (C=O) groups excluding carboxylic acids is 1. The molecule has 0 heterocycles. The molecule has 0 radical (unpaired) electrons. The first kappa shape index (κ1) is 20.4. The first-order valence-corrected chi connectivity index (χ1v) is 11.2. The fourth-order valence-electron chi connectivity index (χ4n) is 1.74. The van der Waals surface area contributed by atoms with Crippen molar-refractivity contribution in [2.24, 2.45) is 0 Å². The van der Waals surface area contributed by atoms with Crippen LogP contribution in [0.1, 0.15) is 32.4 Å². The highest BCUT2D eigenvalue weighted by atomic mass is 35.5. The lowest BCUT2D eigenvalue weighted by Gasteiger charge is -2.37. The summed E-state index contributed by atoms with van der Waals surface area (Å²) < 4.78 is 20.4. The van der Waals surface area contributed by atoms with Gasteiger partial charge in [-0.3, -0.25) is 4.79 Å². The Morgan fingerprint density at radius 2 is 2.00 bits per heavy atom. The van der Waals surface area contributed by atoms with E-state index in [0.29, 0.717) is 5.56 Å². The normalized spacial score (nSPS) is 13.7. The fourth-order valence-corrected chi connectivity index (χ4v) is 3.02. The number of hydrogen-bond donors (Lipinski definition) is 1. The van der Waals surface area contributed by atoms with Crippen molar-refractivity contribution in [2.45, 2.75) is 44.9 Å². The van der Waals surface area contributed by atoms with Crippen LogP contribution in [0.3, 0.4) is 0 Å². The van der Waals surface area contributed by atoms with Gasteiger partial charge >= 0.3 is 0 Å². The van der Waals surface area contributed by atoms with Crippen molar-refractivity contribution in [1.29, 1.82) is 0 Å². The van der Waals surface area contributed by atoms with Crippen molar-refractivity contribution < 1.29 is 13.6 Å². The van der Waals surface area contributed by atoms with Gasteiger partial charge in [-0.25, -0.2) is 4.39 Å². The summed E-state index contributed by atoms with van der Waals surface area (Å²) in [4.78, 5) is 11.7. The molecule has 1 atom stereocenters. The molecular formula is C16H24Cl2FNO2Si. The van der Waals surface area contributed by atoms with E-state index < -0.39 is 20.2 Å². The quantitative estimate of drug-likeness (QED) is 0.563. The van der Waals surface area contributed by atoms with Crippen LogP contribution < -0.4 is 5.32 Å². The predicted octanol–water partition coefficient (Wildman–Crippen LogP) is 4.90. The summed E-state index contributed by atoms with van der Waals surface area (Å²) in [5.41, 5.74) is 0.301. The minimum Gasteiger partial charge on any atom is -0.414 e. The SMILES string of the molecule is CC(C)(C)[Si](C)(C)OC[C@H](NC(=O)CCl)c1cccc(Cl)c1F. The minimum absolute atomic E-state index is 0.0138. The lowest BCUT2D eigenvalue weighted by atomic mass is 10.1. The average Bonchev–Trinajstić information content (AvgIpc) is 2.45. The highest BCUT2D eigenvalue weighted by Crippen LogP contribution is 2.37. The maximum atomic E-state index is 14.3. The van der Waals surface area contributed by atoms with Crippen molar-refractivity contribution in [1.82, 2.24) is 5.32 Å². The molecule has 3 nitrogen and oxygen atoms in total. The minimum atomic E-state index is -2.03. The molecule has 0 aromatic heterocycles. The van der Waals surface area contributed by atoms with Gasteiger partial charge in [-0.2, -0.15) is 0 Å². The second kappa shape index (κ2) is 7.97. The Kier molecular flexibility index (Phi) is 7.07. The van der Waals surface area contributed by atoms with E-state index in [2.05, 4.69) is 39.2 Å². The standard InChI is InChI=1S/C16H24Cl2FNO2Si/c1-16(2,3)23(4,5)22-10-13(20-14(21)9-17)11-7-6-8-12(18)15(11)19/h6-8,13H,9-10H2,1-5H3,(H,20,21)/t13-/m0/s1. The van der Waals surface area contributed by atoms with Crippen molar-refractivity contribution in [2.75, 3.05) is 12.5 Å². The summed E-state index contributed by atoms with van der Waals surface area (Å²) in [6, 6.07) is 4.08. The molecule has 23 heavy (non-hydrogen) atoms. The van der Waals surface area contributed by atoms with E-state index in [0.717, 1.165) is 0 Å². The Hall–Kier alpha value is -0.623. The van der Waals surface area contributed by atoms with Gasteiger partial charge in [0.1, 0.15) is 11.7 Å². The zero-order chi connectivity index (χ0) is 17.8. The molecule has 0 aliphatic rings. The molecule has 0 aliphatic heterocycles. The molecule has 0 saturated heterocycles. The first-order valence-electron chi connectivity index (χ1n) is 7.43. The molecule has 0 spiro atoms. The van der Waals surface area contributed by atoms with Crippen LogP contribution in [0.15, 0.2) is 18.2 Å². The van der Waals surface area contributed by atoms with E-state index >= 15 is 0 Å². The largest absolute Gasteiger partial charge is 0.414 e. The van der Waals surface area contributed by atoms with Crippen LogP contribution in [0.5, 0.6) is 0 Å². The number of rotatable bonds is 6. The van der Waals surface area contributed by atoms with Crippen LogP contribution in [0.2, 0.25) is 23.2 Å². The average molecular weight is 380 g/mol. The van der Waals surface area contributed by atoms with Crippen LogP contribution in [-0.4, -0.2) is 26.7 Å². The molecule has 1 N–H and O–H groups in total. The number of halogens is 3. The molecule has 0 saturated carbocycles. The van der Waals surface area contributed by atoms with E-state index in [4.69, 9.17) is 27.6 Å². The Morgan fingerprint density at radius 3 is 2.52 bits per heavy atom. The summed E-state index contributed by atoms with van der Waals surface area (Å²) in [5, 5.41) is 2.73. The van der Waals surface area contributed by atoms with Crippen molar-refractivity contribution >= 4 is 37.4 Å². The van der Waals surface area contributed by atoms with Gasteiger partial charge in [0.05, 0.1) is 17.7 Å². The second-order valence-electron chi connectivity index (χ2n) is 6.97. The summed E-state index contributed by atoms with van der Waals surface area (Å²) in [7, 11) is -2.03. The van der Waals surface area contributed by atoms with Gasteiger partial charge in [0.2, 0.25) is 5.91 Å². The molecule has 0 fully saturated rings. The number of benzene rings is 1. The van der Waals surface area contributed by atoms with E-state index in [1.54, 1.807) is 12.1 Å². The Labute approximate surface area is 148 Å². The molecule has 1 aromatic carbocycles. The number of hydrogen-bond acceptors (Lipinski definition) is 2. The van der Waals surface area contributed by atoms with Gasteiger partial charge in [0, 0.05) is 5.56 Å². The third-order valence-corrected chi connectivity index (χ3v) is 9.27. The second-order valence-corrected chi connectivity index (χ2v) is 12.5. The summed E-state index contributed by atoms with van der Waals surface area (Å²) in [5.74, 6) is -1.12. The summed E-state index contributed by atoms with van der Waals surface area (Å²) >= 11 is 11.4. The molecule has 0 unspecified atom stereocenters. The van der Waals surface area contributed by atoms with Gasteiger partial charge in [-0.15, -0.1) is 11.6 Å². The fraction of sp³-hybridized carbons (Fsp3) is 0.562. The number of alkyl halides is 1. The van der Waals surface area contributed by atoms with Gasteiger partial charge in [0.25, 0.3) is 0 Å². The Balaban J connectivity index is 3.03. The predicted molar refractivity (Wildman–Crippen MR) is 96.2 cm³/mol. The monoisotopic (exact) mass is 379 g/mol. The van der Waals surface area contributed by atoms with Gasteiger partial charge < -0.3 is 9.74 Å². The molecule has 0 bridgehead atoms. The van der Waals surface area contributed by atoms with Crippen LogP contribution >= 0.6 is 23.2 Å². The summed E-state index contributed by atoms with van der Waals surface area (Å²) in [6.45, 7) is 10.7. The van der Waals surface area contributed by atoms with E-state index in [-0.39, 0.29) is 28.5 Å². The number of carbonyl (C=O) groups is 1. The van der Waals surface area contributed by atoms with Crippen LogP contribution in [0.25, 0.3) is 0 Å². The maximum absolute atomic E-state index is 14.3. The molecule has 130 valence electrons. The lowest BCUT2D eigenvalue weighted by Crippen LogP contribution is -2.44. The Bertz CT molecular complexity index is 562. The molecule has 1 aromatic rings. The maximum Gasteiger partial charge on any atom is 0.235 e. The lowest BCUT2D eigenvalue weighted by molar-refractivity contribution is -0.119. The number of nitrogens with one attached hydrogen (secondary N) is 1. The van der Waals surface area contributed by atoms with E-state index in [1.807, 2.05) is 0 Å². The smallest absolute Gasteiger partial charge is 0.235 e. The third kappa shape index (κ3) is 5.45.